The number of rotatable bonds is 4. The monoisotopic (exact) mass is 626 g/mol. The van der Waals surface area contributed by atoms with E-state index >= 15 is 0 Å². The van der Waals surface area contributed by atoms with Crippen LogP contribution in [0.2, 0.25) is 0 Å². The molecule has 0 amide bonds. The zero-order valence-electron chi connectivity index (χ0n) is 24.7. The van der Waals surface area contributed by atoms with Crippen molar-refractivity contribution in [2.24, 2.45) is 0 Å². The Kier molecular flexibility index (Phi) is 6.52. The molecule has 2 N–H and O–H groups in total. The lowest BCUT2D eigenvalue weighted by Crippen LogP contribution is -2.11. The number of nitrogens with one attached hydrogen (secondary N) is 2. The van der Waals surface area contributed by atoms with Gasteiger partial charge in [-0.05, 0) is 37.1 Å². The van der Waals surface area contributed by atoms with Crippen LogP contribution in [0, 0.1) is 36.5 Å². The third-order valence-corrected chi connectivity index (χ3v) is 10.3. The minimum absolute atomic E-state index is 0.421. The minimum Gasteiger partial charge on any atom is -0.353 e. The lowest BCUT2D eigenvalue weighted by Gasteiger charge is -2.04. The molecule has 0 fully saturated rings. The van der Waals surface area contributed by atoms with Gasteiger partial charge in [0.25, 0.3) is 0 Å². The molecular weight excluding hydrogens is 605 g/mol. The van der Waals surface area contributed by atoms with E-state index in [0.29, 0.717) is 31.9 Å². The number of hydrogen-bond acceptors (Lipinski definition) is 6. The average Bonchev–Trinajstić information content (AvgIpc) is 3.86. The number of aryl methyl sites for hydroxylation is 2. The topological polar surface area (TPSA) is 105 Å². The molecule has 8 heteroatoms. The van der Waals surface area contributed by atoms with Gasteiger partial charge in [0.15, 0.2) is 0 Å². The van der Waals surface area contributed by atoms with Crippen molar-refractivity contribution < 1.29 is 0 Å². The zero-order valence-corrected chi connectivity index (χ0v) is 26.3. The maximum atomic E-state index is 10.8. The zero-order chi connectivity index (χ0) is 31.4. The van der Waals surface area contributed by atoms with Gasteiger partial charge in [-0.15, -0.1) is 22.7 Å². The number of hydrogen-bond donors (Lipinski definition) is 2. The van der Waals surface area contributed by atoms with Crippen LogP contribution in [-0.4, -0.2) is 19.9 Å². The Labute approximate surface area is 271 Å². The van der Waals surface area contributed by atoms with Crippen molar-refractivity contribution in [3.63, 3.8) is 0 Å². The Bertz CT molecular complexity index is 2610. The molecule has 1 aliphatic carbocycles. The first-order chi connectivity index (χ1) is 22.6. The summed E-state index contributed by atoms with van der Waals surface area (Å²) in [5, 5.41) is 25.7. The highest BCUT2D eigenvalue weighted by Crippen LogP contribution is 2.35. The highest BCUT2D eigenvalue weighted by Gasteiger charge is 2.25. The summed E-state index contributed by atoms with van der Waals surface area (Å²) in [6.07, 6.45) is 3.63. The van der Waals surface area contributed by atoms with E-state index < -0.39 is 0 Å². The number of H-pyrrole nitrogens is 2. The molecule has 0 atom stereocenters. The van der Waals surface area contributed by atoms with E-state index in [2.05, 4.69) is 71.7 Å². The van der Waals surface area contributed by atoms with Crippen molar-refractivity contribution in [1.29, 1.82) is 10.5 Å². The molecule has 4 heterocycles. The number of fused-ring (bicyclic) bond motifs is 3. The molecule has 8 rings (SSSR count). The molecule has 4 aromatic heterocycles. The lowest BCUT2D eigenvalue weighted by molar-refractivity contribution is 1.26. The van der Waals surface area contributed by atoms with Gasteiger partial charge >= 0.3 is 0 Å². The Balaban J connectivity index is 1.60. The van der Waals surface area contributed by atoms with Gasteiger partial charge < -0.3 is 9.97 Å². The summed E-state index contributed by atoms with van der Waals surface area (Å²) in [7, 11) is 0. The summed E-state index contributed by atoms with van der Waals surface area (Å²) in [4.78, 5) is 18.0. The van der Waals surface area contributed by atoms with Gasteiger partial charge in [-0.3, -0.25) is 0 Å². The molecule has 0 unspecified atom stereocenters. The number of benzene rings is 3. The maximum absolute atomic E-state index is 10.8. The minimum atomic E-state index is 0.421. The second kappa shape index (κ2) is 10.9. The summed E-state index contributed by atoms with van der Waals surface area (Å²) in [6, 6.07) is 29.1. The number of nitriles is 2. The molecule has 1 aliphatic rings. The predicted octanol–water partition coefficient (Wildman–Crippen LogP) is 7.75. The van der Waals surface area contributed by atoms with Crippen LogP contribution < -0.4 is 10.7 Å². The summed E-state index contributed by atoms with van der Waals surface area (Å²) in [5.74, 6) is 0. The Morgan fingerprint density at radius 3 is 1.78 bits per heavy atom. The average molecular weight is 627 g/mol. The first kappa shape index (κ1) is 27.6. The molecule has 0 spiro atoms. The molecule has 0 saturated carbocycles. The third kappa shape index (κ3) is 4.30. The second-order valence-electron chi connectivity index (χ2n) is 10.9. The molecule has 0 bridgehead atoms. The summed E-state index contributed by atoms with van der Waals surface area (Å²) >= 11 is 2.94. The summed E-state index contributed by atoms with van der Waals surface area (Å²) in [6.45, 7) is 4.13. The number of aromatic nitrogens is 4. The van der Waals surface area contributed by atoms with Gasteiger partial charge in [0, 0.05) is 34.1 Å². The Morgan fingerprint density at radius 1 is 0.674 bits per heavy atom. The van der Waals surface area contributed by atoms with E-state index in [4.69, 9.17) is 9.97 Å². The van der Waals surface area contributed by atoms with Crippen LogP contribution in [0.15, 0.2) is 84.3 Å². The van der Waals surface area contributed by atoms with Crippen LogP contribution in [0.5, 0.6) is 0 Å². The fourth-order valence-electron chi connectivity index (χ4n) is 6.01. The first-order valence-corrected chi connectivity index (χ1v) is 16.2. The van der Waals surface area contributed by atoms with Crippen molar-refractivity contribution in [2.45, 2.75) is 13.8 Å². The number of nitrogens with zero attached hydrogens (tertiary/aromatic N) is 4. The second-order valence-corrected chi connectivity index (χ2v) is 13.0. The van der Waals surface area contributed by atoms with Crippen LogP contribution in [-0.2, 0) is 0 Å². The van der Waals surface area contributed by atoms with Gasteiger partial charge in [-0.1, -0.05) is 72.1 Å². The number of thiazole rings is 2. The van der Waals surface area contributed by atoms with Crippen LogP contribution in [0.1, 0.15) is 31.7 Å². The molecule has 216 valence electrons. The molecule has 0 radical (unpaired) electrons. The molecule has 46 heavy (non-hydrogen) atoms. The normalized spacial score (nSPS) is 13.1. The Hall–Kier alpha value is -5.98. The SMILES string of the molecule is Cc1ccccc1-c1[nH]/c(=C(/C#N)c2nc3ccccc3s2)c2c(-c3ccccc3C)[nH]/c(=C(/C#N)c3nc4c(s3)C=C=C=C4)c12. The van der Waals surface area contributed by atoms with Crippen LogP contribution in [0.25, 0.3) is 66.8 Å². The summed E-state index contributed by atoms with van der Waals surface area (Å²) < 4.78 is 1.01. The molecule has 6 nitrogen and oxygen atoms in total. The first-order valence-electron chi connectivity index (χ1n) is 14.5. The van der Waals surface area contributed by atoms with Crippen molar-refractivity contribution in [2.75, 3.05) is 0 Å². The van der Waals surface area contributed by atoms with Crippen LogP contribution in [0.4, 0.5) is 0 Å². The molecule has 7 aromatic rings. The van der Waals surface area contributed by atoms with Gasteiger partial charge in [-0.25, -0.2) is 9.97 Å². The summed E-state index contributed by atoms with van der Waals surface area (Å²) in [5.41, 5.74) is 14.1. The molecule has 3 aromatic carbocycles. The van der Waals surface area contributed by atoms with E-state index in [1.54, 1.807) is 6.08 Å². The van der Waals surface area contributed by atoms with Crippen molar-refractivity contribution in [1.82, 2.24) is 19.9 Å². The predicted molar refractivity (Wildman–Crippen MR) is 186 cm³/mol. The van der Waals surface area contributed by atoms with Gasteiger partial charge in [0.1, 0.15) is 33.3 Å². The lowest BCUT2D eigenvalue weighted by atomic mass is 10.0. The standard InChI is InChI=1S/C38H22N6S2/c1-21-11-3-5-13-23(21)33-31-32(36(43-33)26(20-40)38-42-28-16-8-10-18-30(28)46-38)34(24-14-6-4-12-22(24)2)44-35(31)25(19-39)37-41-27-15-7-9-17-29(27)45-37/h3-7,9,11-18,43-44H,1-2H3/b35-25-,36-26-. The van der Waals surface area contributed by atoms with E-state index in [0.717, 1.165) is 65.2 Å². The quantitative estimate of drug-likeness (QED) is 0.195. The highest BCUT2D eigenvalue weighted by molar-refractivity contribution is 7.19. The molecule has 0 aliphatic heterocycles. The van der Waals surface area contributed by atoms with E-state index in [-0.39, 0.29) is 0 Å². The van der Waals surface area contributed by atoms with E-state index in [1.165, 1.54) is 22.7 Å². The van der Waals surface area contributed by atoms with Crippen molar-refractivity contribution in [3.05, 3.63) is 127 Å². The number of para-hydroxylation sites is 1. The Morgan fingerprint density at radius 2 is 1.22 bits per heavy atom. The largest absolute Gasteiger partial charge is 0.353 e. The third-order valence-electron chi connectivity index (χ3n) is 8.20. The van der Waals surface area contributed by atoms with Crippen LogP contribution in [0.3, 0.4) is 0 Å². The maximum Gasteiger partial charge on any atom is 0.137 e. The van der Waals surface area contributed by atoms with Gasteiger partial charge in [0.05, 0.1) is 42.9 Å². The molecule has 0 saturated heterocycles. The van der Waals surface area contributed by atoms with Crippen molar-refractivity contribution in [3.8, 4) is 34.7 Å². The number of aromatic amines is 2. The fraction of sp³-hybridized carbons (Fsp3) is 0.0526. The van der Waals surface area contributed by atoms with Crippen LogP contribution >= 0.6 is 22.7 Å². The van der Waals surface area contributed by atoms with Gasteiger partial charge in [0.2, 0.25) is 0 Å². The van der Waals surface area contributed by atoms with Crippen molar-refractivity contribution >= 4 is 67.0 Å². The molecular formula is C38H22N6S2. The van der Waals surface area contributed by atoms with E-state index in [9.17, 15) is 10.5 Å². The van der Waals surface area contributed by atoms with Gasteiger partial charge in [-0.2, -0.15) is 10.5 Å². The van der Waals surface area contributed by atoms with E-state index in [1.807, 2.05) is 54.6 Å². The fourth-order valence-corrected chi connectivity index (χ4v) is 7.91. The smallest absolute Gasteiger partial charge is 0.137 e. The highest BCUT2D eigenvalue weighted by atomic mass is 32.1.